The first-order valence-electron chi connectivity index (χ1n) is 3.44. The molecule has 0 fully saturated rings. The maximum absolute atomic E-state index is 5.87. The molecule has 3 N–H and O–H groups in total. The van der Waals surface area contributed by atoms with Gasteiger partial charge in [-0.15, -0.1) is 0 Å². The lowest BCUT2D eigenvalue weighted by Gasteiger charge is -2.23. The molecule has 0 aromatic heterocycles. The Kier molecular flexibility index (Phi) is 2.42. The molecule has 11 heavy (non-hydrogen) atoms. The maximum atomic E-state index is 5.87. The van der Waals surface area contributed by atoms with E-state index < -0.39 is 0 Å². The number of hydrazine groups is 1. The molecule has 0 aliphatic carbocycles. The average molecular weight is 174 g/mol. The van der Waals surface area contributed by atoms with Crippen LogP contribution in [0.3, 0.4) is 0 Å². The third-order valence-corrected chi connectivity index (χ3v) is 1.80. The van der Waals surface area contributed by atoms with Gasteiger partial charge in [-0.2, -0.15) is 0 Å². The van der Waals surface area contributed by atoms with Crippen LogP contribution >= 0.6 is 11.6 Å². The van der Waals surface area contributed by atoms with E-state index in [1.807, 2.05) is 26.2 Å². The van der Waals surface area contributed by atoms with Crippen molar-refractivity contribution in [2.75, 3.05) is 7.05 Å². The Bertz CT molecular complexity index is 208. The summed E-state index contributed by atoms with van der Waals surface area (Å²) in [5.41, 5.74) is 9.51. The van der Waals surface area contributed by atoms with Crippen molar-refractivity contribution in [2.45, 2.75) is 13.0 Å². The molecule has 1 unspecified atom stereocenters. The summed E-state index contributed by atoms with van der Waals surface area (Å²) in [6.45, 7) is 1.90. The van der Waals surface area contributed by atoms with Crippen LogP contribution in [0.5, 0.6) is 0 Å². The van der Waals surface area contributed by atoms with Gasteiger partial charge in [-0.1, -0.05) is 11.6 Å². The summed E-state index contributed by atoms with van der Waals surface area (Å²) in [6, 6.07) is -0.0278. The smallest absolute Gasteiger partial charge is 0.125 e. The summed E-state index contributed by atoms with van der Waals surface area (Å²) in [5.74, 6) is 0. The monoisotopic (exact) mass is 173 g/mol. The predicted molar refractivity (Wildman–Crippen MR) is 46.6 cm³/mol. The highest BCUT2D eigenvalue weighted by molar-refractivity contribution is 6.29. The van der Waals surface area contributed by atoms with Crippen molar-refractivity contribution in [1.29, 1.82) is 0 Å². The van der Waals surface area contributed by atoms with Gasteiger partial charge in [-0.05, 0) is 13.0 Å². The number of halogens is 1. The van der Waals surface area contributed by atoms with E-state index in [-0.39, 0.29) is 6.04 Å². The lowest BCUT2D eigenvalue weighted by Crippen LogP contribution is -2.33. The first-order valence-corrected chi connectivity index (χ1v) is 3.82. The van der Waals surface area contributed by atoms with Crippen molar-refractivity contribution in [3.8, 4) is 0 Å². The van der Waals surface area contributed by atoms with Gasteiger partial charge in [-0.25, -0.2) is 0 Å². The molecule has 0 aromatic rings. The standard InChI is InChI=1S/C7H12ClN3/c1-5(9)6-3-4-11(2)10-7(6)8/h3-5,10H,9H2,1-2H3. The van der Waals surface area contributed by atoms with Crippen LogP contribution in [0.15, 0.2) is 23.0 Å². The highest BCUT2D eigenvalue weighted by atomic mass is 35.5. The molecule has 0 saturated heterocycles. The summed E-state index contributed by atoms with van der Waals surface area (Å²) in [6.07, 6.45) is 3.79. The zero-order valence-corrected chi connectivity index (χ0v) is 7.39. The predicted octanol–water partition coefficient (Wildman–Crippen LogP) is 0.748. The molecule has 3 nitrogen and oxygen atoms in total. The van der Waals surface area contributed by atoms with Crippen LogP contribution in [0.2, 0.25) is 0 Å². The topological polar surface area (TPSA) is 41.3 Å². The van der Waals surface area contributed by atoms with E-state index >= 15 is 0 Å². The molecule has 0 spiro atoms. The molecule has 4 heteroatoms. The minimum absolute atomic E-state index is 0.0278. The summed E-state index contributed by atoms with van der Waals surface area (Å²) in [5, 5.41) is 2.37. The second-order valence-corrected chi connectivity index (χ2v) is 2.97. The molecule has 0 aromatic carbocycles. The van der Waals surface area contributed by atoms with Gasteiger partial charge in [0.2, 0.25) is 0 Å². The molecule has 1 atom stereocenters. The molecule has 1 aliphatic heterocycles. The molecule has 0 saturated carbocycles. The third kappa shape index (κ3) is 1.88. The van der Waals surface area contributed by atoms with Gasteiger partial charge in [0, 0.05) is 24.9 Å². The van der Waals surface area contributed by atoms with Gasteiger partial charge in [0.1, 0.15) is 5.16 Å². The molecule has 62 valence electrons. The molecule has 1 aliphatic rings. The minimum atomic E-state index is -0.0278. The van der Waals surface area contributed by atoms with Crippen LogP contribution in [-0.2, 0) is 0 Å². The van der Waals surface area contributed by atoms with Gasteiger partial charge in [0.15, 0.2) is 0 Å². The SMILES string of the molecule is CC(N)C1=C(Cl)NN(C)C=C1. The van der Waals surface area contributed by atoms with Gasteiger partial charge in [0.05, 0.1) is 0 Å². The zero-order chi connectivity index (χ0) is 8.43. The second kappa shape index (κ2) is 3.15. The fourth-order valence-electron chi connectivity index (χ4n) is 0.874. The molecular weight excluding hydrogens is 162 g/mol. The van der Waals surface area contributed by atoms with Crippen LogP contribution in [0.4, 0.5) is 0 Å². The Hall–Kier alpha value is -0.670. The molecule has 0 amide bonds. The fourth-order valence-corrected chi connectivity index (χ4v) is 1.24. The number of nitrogens with one attached hydrogen (secondary N) is 1. The van der Waals surface area contributed by atoms with Crippen molar-refractivity contribution in [3.63, 3.8) is 0 Å². The van der Waals surface area contributed by atoms with Gasteiger partial charge >= 0.3 is 0 Å². The largest absolute Gasteiger partial charge is 0.324 e. The number of nitrogens with two attached hydrogens (primary N) is 1. The quantitative estimate of drug-likeness (QED) is 0.575. The third-order valence-electron chi connectivity index (χ3n) is 1.50. The number of hydrogen-bond donors (Lipinski definition) is 2. The van der Waals surface area contributed by atoms with E-state index in [0.717, 1.165) is 5.57 Å². The summed E-state index contributed by atoms with van der Waals surface area (Å²) < 4.78 is 0. The molecule has 0 bridgehead atoms. The highest BCUT2D eigenvalue weighted by Crippen LogP contribution is 2.15. The average Bonchev–Trinajstić information content (AvgIpc) is 1.85. The van der Waals surface area contributed by atoms with Gasteiger partial charge < -0.3 is 5.73 Å². The normalized spacial score (nSPS) is 20.2. The molecule has 0 radical (unpaired) electrons. The van der Waals surface area contributed by atoms with E-state index in [1.165, 1.54) is 0 Å². The van der Waals surface area contributed by atoms with Crippen molar-refractivity contribution in [1.82, 2.24) is 10.4 Å². The Morgan fingerprint density at radius 2 is 2.36 bits per heavy atom. The molecule has 1 rings (SSSR count). The van der Waals surface area contributed by atoms with E-state index in [0.29, 0.717) is 5.16 Å². The van der Waals surface area contributed by atoms with Gasteiger partial charge in [-0.3, -0.25) is 10.4 Å². The Balaban J connectivity index is 2.80. The van der Waals surface area contributed by atoms with Crippen LogP contribution in [0.25, 0.3) is 0 Å². The summed E-state index contributed by atoms with van der Waals surface area (Å²) in [7, 11) is 1.87. The summed E-state index contributed by atoms with van der Waals surface area (Å²) in [4.78, 5) is 0. The summed E-state index contributed by atoms with van der Waals surface area (Å²) >= 11 is 5.87. The Labute approximate surface area is 71.5 Å². The van der Waals surface area contributed by atoms with Gasteiger partial charge in [0.25, 0.3) is 0 Å². The Morgan fingerprint density at radius 1 is 1.73 bits per heavy atom. The van der Waals surface area contributed by atoms with E-state index in [4.69, 9.17) is 17.3 Å². The van der Waals surface area contributed by atoms with E-state index in [9.17, 15) is 0 Å². The zero-order valence-electron chi connectivity index (χ0n) is 6.63. The second-order valence-electron chi connectivity index (χ2n) is 2.60. The van der Waals surface area contributed by atoms with Crippen molar-refractivity contribution < 1.29 is 0 Å². The van der Waals surface area contributed by atoms with Crippen LogP contribution in [0.1, 0.15) is 6.92 Å². The van der Waals surface area contributed by atoms with Crippen molar-refractivity contribution in [2.24, 2.45) is 5.73 Å². The van der Waals surface area contributed by atoms with E-state index in [1.54, 1.807) is 5.01 Å². The van der Waals surface area contributed by atoms with Crippen LogP contribution < -0.4 is 11.2 Å². The van der Waals surface area contributed by atoms with Crippen molar-refractivity contribution in [3.05, 3.63) is 23.0 Å². The maximum Gasteiger partial charge on any atom is 0.125 e. The van der Waals surface area contributed by atoms with Crippen molar-refractivity contribution >= 4 is 11.6 Å². The lowest BCUT2D eigenvalue weighted by atomic mass is 10.1. The fraction of sp³-hybridized carbons (Fsp3) is 0.429. The Morgan fingerprint density at radius 3 is 2.82 bits per heavy atom. The first kappa shape index (κ1) is 8.43. The minimum Gasteiger partial charge on any atom is -0.324 e. The number of hydrogen-bond acceptors (Lipinski definition) is 3. The van der Waals surface area contributed by atoms with Crippen LogP contribution in [0, 0.1) is 0 Å². The lowest BCUT2D eigenvalue weighted by molar-refractivity contribution is 0.372. The number of nitrogens with zero attached hydrogens (tertiary/aromatic N) is 1. The van der Waals surface area contributed by atoms with E-state index in [2.05, 4.69) is 5.43 Å². The first-order chi connectivity index (χ1) is 5.11. The molecular formula is C7H12ClN3. The number of rotatable bonds is 1. The molecule has 1 heterocycles. The highest BCUT2D eigenvalue weighted by Gasteiger charge is 2.10. The van der Waals surface area contributed by atoms with Crippen LogP contribution in [-0.4, -0.2) is 18.1 Å².